The fourth-order valence-electron chi connectivity index (χ4n) is 3.66. The third-order valence-corrected chi connectivity index (χ3v) is 4.86. The van der Waals surface area contributed by atoms with Crippen LogP contribution in [0.5, 0.6) is 0 Å². The first-order valence-electron chi connectivity index (χ1n) is 7.76. The molecular formula is C17H22N2O. The molecule has 1 aromatic heterocycles. The normalized spacial score (nSPS) is 28.1. The number of benzene rings is 1. The predicted molar refractivity (Wildman–Crippen MR) is 80.6 cm³/mol. The van der Waals surface area contributed by atoms with Gasteiger partial charge in [-0.1, -0.05) is 12.1 Å². The van der Waals surface area contributed by atoms with Crippen LogP contribution in [0.1, 0.15) is 31.2 Å². The van der Waals surface area contributed by atoms with Crippen molar-refractivity contribution in [3.63, 3.8) is 0 Å². The first kappa shape index (κ1) is 12.4. The summed E-state index contributed by atoms with van der Waals surface area (Å²) >= 11 is 0. The fourth-order valence-corrected chi connectivity index (χ4v) is 3.66. The summed E-state index contributed by atoms with van der Waals surface area (Å²) in [4.78, 5) is 5.71. The van der Waals surface area contributed by atoms with Crippen LogP contribution in [0.3, 0.4) is 0 Å². The maximum absolute atomic E-state index is 11.2. The monoisotopic (exact) mass is 270 g/mol. The van der Waals surface area contributed by atoms with Crippen molar-refractivity contribution >= 4 is 10.9 Å². The molecule has 2 heterocycles. The number of piperidine rings is 1. The Morgan fingerprint density at radius 2 is 2.20 bits per heavy atom. The minimum atomic E-state index is -0.686. The largest absolute Gasteiger partial charge is 0.384 e. The number of nitrogens with one attached hydrogen (secondary N) is 1. The molecule has 3 heteroatoms. The van der Waals surface area contributed by atoms with E-state index in [2.05, 4.69) is 28.1 Å². The maximum Gasteiger partial charge on any atom is 0.103 e. The lowest BCUT2D eigenvalue weighted by molar-refractivity contribution is -0.0356. The highest BCUT2D eigenvalue weighted by Gasteiger charge is 2.37. The SMILES string of the molecule is OC1(c2cccc3[nH]ccc23)CCCN(CC2CC2)C1. The van der Waals surface area contributed by atoms with Crippen LogP contribution < -0.4 is 0 Å². The topological polar surface area (TPSA) is 39.3 Å². The number of H-pyrrole nitrogens is 1. The second-order valence-corrected chi connectivity index (χ2v) is 6.56. The number of aromatic nitrogens is 1. The Kier molecular flexibility index (Phi) is 2.86. The molecule has 1 saturated carbocycles. The maximum atomic E-state index is 11.2. The Hall–Kier alpha value is -1.32. The van der Waals surface area contributed by atoms with E-state index >= 15 is 0 Å². The standard InChI is InChI=1S/C17H22N2O/c20-17(8-2-10-19(12-17)11-13-5-6-13)15-3-1-4-16-14(15)7-9-18-16/h1,3-4,7,9,13,18,20H,2,5-6,8,10-12H2. The van der Waals surface area contributed by atoms with E-state index in [0.717, 1.165) is 42.9 Å². The quantitative estimate of drug-likeness (QED) is 0.900. The van der Waals surface area contributed by atoms with E-state index in [1.165, 1.54) is 24.8 Å². The van der Waals surface area contributed by atoms with Crippen LogP contribution in [0.15, 0.2) is 30.5 Å². The number of likely N-dealkylation sites (tertiary alicyclic amines) is 1. The molecule has 2 aliphatic rings. The zero-order valence-corrected chi connectivity index (χ0v) is 11.8. The molecule has 2 fully saturated rings. The average molecular weight is 270 g/mol. The van der Waals surface area contributed by atoms with Gasteiger partial charge in [0, 0.05) is 30.2 Å². The van der Waals surface area contributed by atoms with Gasteiger partial charge in [0.1, 0.15) is 5.60 Å². The lowest BCUT2D eigenvalue weighted by atomic mass is 9.84. The van der Waals surface area contributed by atoms with E-state index < -0.39 is 5.60 Å². The second kappa shape index (κ2) is 4.61. The number of fused-ring (bicyclic) bond motifs is 1. The van der Waals surface area contributed by atoms with E-state index in [0.29, 0.717) is 0 Å². The zero-order valence-electron chi connectivity index (χ0n) is 11.8. The van der Waals surface area contributed by atoms with Crippen LogP contribution >= 0.6 is 0 Å². The molecule has 0 amide bonds. The van der Waals surface area contributed by atoms with Crippen molar-refractivity contribution < 1.29 is 5.11 Å². The molecule has 2 N–H and O–H groups in total. The molecule has 4 rings (SSSR count). The Morgan fingerprint density at radius 1 is 1.30 bits per heavy atom. The summed E-state index contributed by atoms with van der Waals surface area (Å²) in [6.07, 6.45) is 6.68. The highest BCUT2D eigenvalue weighted by Crippen LogP contribution is 2.37. The predicted octanol–water partition coefficient (Wildman–Crippen LogP) is 2.86. The van der Waals surface area contributed by atoms with Gasteiger partial charge in [0.15, 0.2) is 0 Å². The summed E-state index contributed by atoms with van der Waals surface area (Å²) in [5.41, 5.74) is 1.53. The number of rotatable bonds is 3. The molecule has 20 heavy (non-hydrogen) atoms. The molecule has 0 radical (unpaired) electrons. The van der Waals surface area contributed by atoms with Gasteiger partial charge in [0.05, 0.1) is 0 Å². The molecule has 2 aromatic rings. The van der Waals surface area contributed by atoms with Crippen molar-refractivity contribution in [2.24, 2.45) is 5.92 Å². The van der Waals surface area contributed by atoms with E-state index in [1.807, 2.05) is 12.3 Å². The second-order valence-electron chi connectivity index (χ2n) is 6.56. The average Bonchev–Trinajstić information content (AvgIpc) is 3.12. The van der Waals surface area contributed by atoms with Crippen molar-refractivity contribution in [3.05, 3.63) is 36.0 Å². The van der Waals surface area contributed by atoms with Crippen LogP contribution in [0.25, 0.3) is 10.9 Å². The van der Waals surface area contributed by atoms with Gasteiger partial charge in [-0.2, -0.15) is 0 Å². The van der Waals surface area contributed by atoms with E-state index in [4.69, 9.17) is 0 Å². The van der Waals surface area contributed by atoms with Crippen LogP contribution in [-0.2, 0) is 5.60 Å². The van der Waals surface area contributed by atoms with Gasteiger partial charge < -0.3 is 10.1 Å². The zero-order chi connectivity index (χ0) is 13.6. The molecule has 3 nitrogen and oxygen atoms in total. The van der Waals surface area contributed by atoms with Gasteiger partial charge >= 0.3 is 0 Å². The highest BCUT2D eigenvalue weighted by atomic mass is 16.3. The first-order valence-corrected chi connectivity index (χ1v) is 7.76. The van der Waals surface area contributed by atoms with E-state index in [-0.39, 0.29) is 0 Å². The van der Waals surface area contributed by atoms with Gasteiger partial charge in [-0.05, 0) is 55.8 Å². The summed E-state index contributed by atoms with van der Waals surface area (Å²) in [7, 11) is 0. The summed E-state index contributed by atoms with van der Waals surface area (Å²) in [6.45, 7) is 3.10. The highest BCUT2D eigenvalue weighted by molar-refractivity contribution is 5.83. The molecule has 1 aliphatic heterocycles. The fraction of sp³-hybridized carbons (Fsp3) is 0.529. The van der Waals surface area contributed by atoms with Gasteiger partial charge in [-0.15, -0.1) is 0 Å². The first-order chi connectivity index (χ1) is 9.74. The van der Waals surface area contributed by atoms with Gasteiger partial charge in [-0.3, -0.25) is 4.90 Å². The van der Waals surface area contributed by atoms with Crippen molar-refractivity contribution in [2.75, 3.05) is 19.6 Å². The summed E-state index contributed by atoms with van der Waals surface area (Å²) in [6, 6.07) is 8.30. The van der Waals surface area contributed by atoms with E-state index in [9.17, 15) is 5.11 Å². The van der Waals surface area contributed by atoms with Crippen molar-refractivity contribution in [2.45, 2.75) is 31.3 Å². The number of hydrogen-bond acceptors (Lipinski definition) is 2. The molecule has 0 bridgehead atoms. The molecule has 1 unspecified atom stereocenters. The minimum Gasteiger partial charge on any atom is -0.384 e. The smallest absolute Gasteiger partial charge is 0.103 e. The molecular weight excluding hydrogens is 248 g/mol. The third kappa shape index (κ3) is 2.15. The van der Waals surface area contributed by atoms with Crippen LogP contribution in [0.4, 0.5) is 0 Å². The van der Waals surface area contributed by atoms with Crippen molar-refractivity contribution in [1.29, 1.82) is 0 Å². The van der Waals surface area contributed by atoms with E-state index in [1.54, 1.807) is 0 Å². The Balaban J connectivity index is 1.66. The molecule has 1 aromatic carbocycles. The molecule has 106 valence electrons. The summed E-state index contributed by atoms with van der Waals surface area (Å²) in [5.74, 6) is 0.889. The number of hydrogen-bond donors (Lipinski definition) is 2. The van der Waals surface area contributed by atoms with Crippen LogP contribution in [0, 0.1) is 5.92 Å². The minimum absolute atomic E-state index is 0.686. The van der Waals surface area contributed by atoms with Crippen LogP contribution in [0.2, 0.25) is 0 Å². The number of aromatic amines is 1. The Labute approximate surface area is 119 Å². The van der Waals surface area contributed by atoms with Gasteiger partial charge in [0.25, 0.3) is 0 Å². The van der Waals surface area contributed by atoms with Crippen LogP contribution in [-0.4, -0.2) is 34.6 Å². The Morgan fingerprint density at radius 3 is 3.05 bits per heavy atom. The summed E-state index contributed by atoms with van der Waals surface area (Å²) in [5, 5.41) is 12.4. The number of nitrogens with zero attached hydrogens (tertiary/aromatic N) is 1. The van der Waals surface area contributed by atoms with Gasteiger partial charge in [0.2, 0.25) is 0 Å². The Bertz CT molecular complexity index is 616. The lowest BCUT2D eigenvalue weighted by Gasteiger charge is -2.40. The number of aliphatic hydroxyl groups is 1. The molecule has 1 saturated heterocycles. The number of β-amino-alcohol motifs (C(OH)–C–C–N with tert-alkyl or cyclic N) is 1. The van der Waals surface area contributed by atoms with Crippen molar-refractivity contribution in [3.8, 4) is 0 Å². The van der Waals surface area contributed by atoms with Gasteiger partial charge in [-0.25, -0.2) is 0 Å². The molecule has 1 atom stereocenters. The lowest BCUT2D eigenvalue weighted by Crippen LogP contribution is -2.46. The van der Waals surface area contributed by atoms with Crippen molar-refractivity contribution in [1.82, 2.24) is 9.88 Å². The molecule has 0 spiro atoms. The summed E-state index contributed by atoms with van der Waals surface area (Å²) < 4.78 is 0. The molecule has 1 aliphatic carbocycles. The third-order valence-electron chi connectivity index (χ3n) is 4.86.